The third kappa shape index (κ3) is 3.97. The quantitative estimate of drug-likeness (QED) is 0.888. The number of nitrogens with zero attached hydrogens (tertiary/aromatic N) is 4. The number of benzene rings is 1. The summed E-state index contributed by atoms with van der Waals surface area (Å²) in [6.07, 6.45) is 0. The normalized spacial score (nSPS) is 18.5. The average Bonchev–Trinajstić information content (AvgIpc) is 3.04. The van der Waals surface area contributed by atoms with Crippen molar-refractivity contribution in [3.8, 4) is 0 Å². The number of aliphatic hydroxyl groups is 1. The van der Waals surface area contributed by atoms with Gasteiger partial charge in [-0.2, -0.15) is 5.10 Å². The molecule has 1 N–H and O–H groups in total. The second kappa shape index (κ2) is 8.01. The van der Waals surface area contributed by atoms with Gasteiger partial charge in [0.15, 0.2) is 0 Å². The zero-order valence-electron chi connectivity index (χ0n) is 15.8. The molecule has 1 saturated heterocycles. The van der Waals surface area contributed by atoms with Crippen LogP contribution in [0.2, 0.25) is 0 Å². The highest BCUT2D eigenvalue weighted by Gasteiger charge is 2.32. The van der Waals surface area contributed by atoms with Crippen molar-refractivity contribution in [1.29, 1.82) is 0 Å². The number of amides is 1. The van der Waals surface area contributed by atoms with E-state index in [-0.39, 0.29) is 24.5 Å². The summed E-state index contributed by atoms with van der Waals surface area (Å²) in [5, 5.41) is 14.3. The Hall–Kier alpha value is -2.18. The number of aromatic nitrogens is 2. The average molecular weight is 356 g/mol. The lowest BCUT2D eigenvalue weighted by Crippen LogP contribution is -2.56. The first-order valence-electron chi connectivity index (χ1n) is 9.21. The number of piperazine rings is 1. The summed E-state index contributed by atoms with van der Waals surface area (Å²) < 4.78 is 1.66. The molecule has 1 aromatic heterocycles. The van der Waals surface area contributed by atoms with E-state index in [1.807, 2.05) is 24.3 Å². The summed E-state index contributed by atoms with van der Waals surface area (Å²) in [4.78, 5) is 17.1. The maximum absolute atomic E-state index is 13.0. The minimum atomic E-state index is -0.197. The minimum absolute atomic E-state index is 0.0358. The molecule has 0 spiro atoms. The van der Waals surface area contributed by atoms with E-state index in [4.69, 9.17) is 0 Å². The molecule has 1 aliphatic heterocycles. The van der Waals surface area contributed by atoms with Crippen LogP contribution in [-0.4, -0.2) is 62.9 Å². The molecule has 3 rings (SSSR count). The lowest BCUT2D eigenvalue weighted by Gasteiger charge is -2.40. The van der Waals surface area contributed by atoms with Gasteiger partial charge in [-0.1, -0.05) is 44.2 Å². The Morgan fingerprint density at radius 3 is 2.62 bits per heavy atom. The van der Waals surface area contributed by atoms with Gasteiger partial charge >= 0.3 is 0 Å². The molecule has 0 saturated carbocycles. The van der Waals surface area contributed by atoms with Crippen LogP contribution in [0.15, 0.2) is 36.4 Å². The smallest absolute Gasteiger partial charge is 0.272 e. The fourth-order valence-corrected chi connectivity index (χ4v) is 3.45. The lowest BCUT2D eigenvalue weighted by molar-refractivity contribution is 0.0274. The standard InChI is InChI=1S/C20H28N4O2/c1-15(2)18-11-19(22(3)21-18)20(26)24-10-9-23(13-17(24)14-25)12-16-7-5-4-6-8-16/h4-8,11,15,17,25H,9-10,12-14H2,1-3H3/t17-/m0/s1. The molecular formula is C20H28N4O2. The van der Waals surface area contributed by atoms with Crippen molar-refractivity contribution in [3.63, 3.8) is 0 Å². The van der Waals surface area contributed by atoms with Gasteiger partial charge in [-0.3, -0.25) is 14.4 Å². The monoisotopic (exact) mass is 356 g/mol. The molecule has 0 bridgehead atoms. The third-order valence-corrected chi connectivity index (χ3v) is 5.00. The summed E-state index contributed by atoms with van der Waals surface area (Å²) in [5.74, 6) is 0.226. The van der Waals surface area contributed by atoms with Crippen molar-refractivity contribution in [1.82, 2.24) is 19.6 Å². The van der Waals surface area contributed by atoms with E-state index >= 15 is 0 Å². The van der Waals surface area contributed by atoms with Gasteiger partial charge in [-0.15, -0.1) is 0 Å². The van der Waals surface area contributed by atoms with Crippen molar-refractivity contribution in [3.05, 3.63) is 53.3 Å². The molecular weight excluding hydrogens is 328 g/mol. The highest BCUT2D eigenvalue weighted by Crippen LogP contribution is 2.19. The van der Waals surface area contributed by atoms with Crippen molar-refractivity contribution >= 4 is 5.91 Å². The van der Waals surface area contributed by atoms with Crippen molar-refractivity contribution in [2.45, 2.75) is 32.4 Å². The summed E-state index contributed by atoms with van der Waals surface area (Å²) in [6, 6.07) is 12.0. The van der Waals surface area contributed by atoms with E-state index in [0.29, 0.717) is 18.8 Å². The van der Waals surface area contributed by atoms with E-state index in [1.165, 1.54) is 5.56 Å². The van der Waals surface area contributed by atoms with E-state index in [1.54, 1.807) is 16.6 Å². The minimum Gasteiger partial charge on any atom is -0.394 e. The van der Waals surface area contributed by atoms with Crippen molar-refractivity contribution in [2.75, 3.05) is 26.2 Å². The summed E-state index contributed by atoms with van der Waals surface area (Å²) >= 11 is 0. The molecule has 1 fully saturated rings. The zero-order chi connectivity index (χ0) is 18.7. The fraction of sp³-hybridized carbons (Fsp3) is 0.500. The van der Waals surface area contributed by atoms with Crippen LogP contribution < -0.4 is 0 Å². The Labute approximate surface area is 155 Å². The molecule has 0 aliphatic carbocycles. The maximum atomic E-state index is 13.0. The summed E-state index contributed by atoms with van der Waals surface area (Å²) in [5.41, 5.74) is 2.75. The van der Waals surface area contributed by atoms with Gasteiger partial charge in [-0.25, -0.2) is 0 Å². The molecule has 2 heterocycles. The number of carbonyl (C=O) groups is 1. The summed E-state index contributed by atoms with van der Waals surface area (Å²) in [6.45, 7) is 7.01. The molecule has 0 radical (unpaired) electrons. The molecule has 1 amide bonds. The molecule has 1 aliphatic rings. The Kier molecular flexibility index (Phi) is 5.74. The predicted molar refractivity (Wildman–Crippen MR) is 101 cm³/mol. The SMILES string of the molecule is CC(C)c1cc(C(=O)N2CCN(Cc3ccccc3)C[C@H]2CO)n(C)n1. The molecule has 6 nitrogen and oxygen atoms in total. The Morgan fingerprint density at radius 2 is 2.00 bits per heavy atom. The van der Waals surface area contributed by atoms with Crippen LogP contribution in [0.3, 0.4) is 0 Å². The van der Waals surface area contributed by atoms with E-state index < -0.39 is 0 Å². The van der Waals surface area contributed by atoms with Crippen LogP contribution in [0.4, 0.5) is 0 Å². The number of aryl methyl sites for hydroxylation is 1. The number of hydrogen-bond acceptors (Lipinski definition) is 4. The topological polar surface area (TPSA) is 61.6 Å². The first kappa shape index (κ1) is 18.6. The Balaban J connectivity index is 1.70. The van der Waals surface area contributed by atoms with Crippen molar-refractivity contribution in [2.24, 2.45) is 7.05 Å². The van der Waals surface area contributed by atoms with Crippen LogP contribution in [0.1, 0.15) is 41.5 Å². The number of rotatable bonds is 5. The van der Waals surface area contributed by atoms with Gasteiger partial charge in [-0.05, 0) is 17.5 Å². The molecule has 1 aromatic carbocycles. The van der Waals surface area contributed by atoms with Crippen LogP contribution in [0.5, 0.6) is 0 Å². The highest BCUT2D eigenvalue weighted by atomic mass is 16.3. The number of carbonyl (C=O) groups excluding carboxylic acids is 1. The van der Waals surface area contributed by atoms with Crippen molar-refractivity contribution < 1.29 is 9.90 Å². The Bertz CT molecular complexity index is 742. The van der Waals surface area contributed by atoms with Crippen LogP contribution in [-0.2, 0) is 13.6 Å². The van der Waals surface area contributed by atoms with Gasteiger partial charge in [0.1, 0.15) is 5.69 Å². The van der Waals surface area contributed by atoms with E-state index in [0.717, 1.165) is 18.8 Å². The van der Waals surface area contributed by atoms with Crippen LogP contribution in [0.25, 0.3) is 0 Å². The second-order valence-corrected chi connectivity index (χ2v) is 7.29. The van der Waals surface area contributed by atoms with Crippen LogP contribution >= 0.6 is 0 Å². The van der Waals surface area contributed by atoms with E-state index in [2.05, 4.69) is 36.0 Å². The molecule has 1 atom stereocenters. The zero-order valence-corrected chi connectivity index (χ0v) is 15.8. The van der Waals surface area contributed by atoms with E-state index in [9.17, 15) is 9.90 Å². The molecule has 140 valence electrons. The first-order valence-corrected chi connectivity index (χ1v) is 9.21. The van der Waals surface area contributed by atoms with Gasteiger partial charge in [0, 0.05) is 33.2 Å². The number of aliphatic hydroxyl groups excluding tert-OH is 1. The van der Waals surface area contributed by atoms with Gasteiger partial charge in [0.05, 0.1) is 18.3 Å². The molecule has 2 aromatic rings. The summed E-state index contributed by atoms with van der Waals surface area (Å²) in [7, 11) is 1.80. The van der Waals surface area contributed by atoms with Gasteiger partial charge in [0.2, 0.25) is 0 Å². The first-order chi connectivity index (χ1) is 12.5. The molecule has 26 heavy (non-hydrogen) atoms. The second-order valence-electron chi connectivity index (χ2n) is 7.29. The van der Waals surface area contributed by atoms with Gasteiger partial charge in [0.25, 0.3) is 5.91 Å². The molecule has 0 unspecified atom stereocenters. The van der Waals surface area contributed by atoms with Crippen LogP contribution in [0, 0.1) is 0 Å². The van der Waals surface area contributed by atoms with Gasteiger partial charge < -0.3 is 10.0 Å². The lowest BCUT2D eigenvalue weighted by atomic mass is 10.1. The number of hydrogen-bond donors (Lipinski definition) is 1. The largest absolute Gasteiger partial charge is 0.394 e. The third-order valence-electron chi connectivity index (χ3n) is 5.00. The highest BCUT2D eigenvalue weighted by molar-refractivity contribution is 5.93. The Morgan fingerprint density at radius 1 is 1.27 bits per heavy atom. The molecule has 6 heteroatoms. The fourth-order valence-electron chi connectivity index (χ4n) is 3.45. The predicted octanol–water partition coefficient (Wildman–Crippen LogP) is 1.86. The maximum Gasteiger partial charge on any atom is 0.272 e.